The molecule has 10 heteroatoms. The predicted molar refractivity (Wildman–Crippen MR) is 125 cm³/mol. The average molecular weight is 492 g/mol. The monoisotopic (exact) mass is 491 g/mol. The molecule has 2 aromatic rings. The number of allylic oxidation sites excluding steroid dienone is 1. The first-order chi connectivity index (χ1) is 16.0. The maximum Gasteiger partial charge on any atom is 0.338 e. The number of aromatic nitrogens is 1. The fourth-order valence-electron chi connectivity index (χ4n) is 3.77. The van der Waals surface area contributed by atoms with Gasteiger partial charge in [-0.25, -0.2) is 27.0 Å². The quantitative estimate of drug-likeness (QED) is 0.608. The average Bonchev–Trinajstić information content (AvgIpc) is 3.15. The number of amidine groups is 1. The summed E-state index contributed by atoms with van der Waals surface area (Å²) in [6.07, 6.45) is 4.55. The minimum atomic E-state index is -2.67. The molecule has 0 unspecified atom stereocenters. The minimum Gasteiger partial charge on any atom is -0.463 e. The van der Waals surface area contributed by atoms with Gasteiger partial charge in [0.05, 0.1) is 12.2 Å². The van der Waals surface area contributed by atoms with Crippen LogP contribution in [0.15, 0.2) is 46.7 Å². The van der Waals surface area contributed by atoms with Crippen LogP contribution in [0.25, 0.3) is 0 Å². The van der Waals surface area contributed by atoms with E-state index in [0.29, 0.717) is 35.6 Å². The molecule has 3 heterocycles. The Labute approximate surface area is 199 Å². The van der Waals surface area contributed by atoms with Gasteiger partial charge in [-0.2, -0.15) is 0 Å². The van der Waals surface area contributed by atoms with Crippen LogP contribution in [0.1, 0.15) is 39.0 Å². The summed E-state index contributed by atoms with van der Waals surface area (Å²) in [6, 6.07) is 10.2. The van der Waals surface area contributed by atoms with Crippen LogP contribution in [0.2, 0.25) is 0 Å². The van der Waals surface area contributed by atoms with Crippen molar-refractivity contribution in [2.24, 2.45) is 10.9 Å². The van der Waals surface area contributed by atoms with Crippen LogP contribution in [0.5, 0.6) is 0 Å². The molecule has 0 spiro atoms. The summed E-state index contributed by atoms with van der Waals surface area (Å²) in [5, 5.41) is 0. The molecule has 182 valence electrons. The number of fused-ring (bicyclic) bond motifs is 1. The van der Waals surface area contributed by atoms with Gasteiger partial charge in [0.25, 0.3) is 0 Å². The zero-order valence-corrected chi connectivity index (χ0v) is 20.1. The van der Waals surface area contributed by atoms with Crippen molar-refractivity contribution >= 4 is 21.6 Å². The maximum atomic E-state index is 14.0. The van der Waals surface area contributed by atoms with Crippen molar-refractivity contribution in [3.8, 4) is 0 Å². The van der Waals surface area contributed by atoms with Crippen LogP contribution in [-0.4, -0.2) is 55.8 Å². The number of ether oxygens (including phenoxy) is 1. The summed E-state index contributed by atoms with van der Waals surface area (Å²) in [5.74, 6) is -1.65. The Morgan fingerprint density at radius 3 is 2.59 bits per heavy atom. The van der Waals surface area contributed by atoms with Gasteiger partial charge >= 0.3 is 5.97 Å². The summed E-state index contributed by atoms with van der Waals surface area (Å²) in [4.78, 5) is 23.9. The Balaban J connectivity index is 0.000000656. The lowest BCUT2D eigenvalue weighted by Crippen LogP contribution is -2.36. The van der Waals surface area contributed by atoms with Crippen LogP contribution in [0.3, 0.4) is 0 Å². The lowest BCUT2D eigenvalue weighted by molar-refractivity contribution is -0.139. The Morgan fingerprint density at radius 1 is 1.29 bits per heavy atom. The largest absolute Gasteiger partial charge is 0.463 e. The van der Waals surface area contributed by atoms with Crippen molar-refractivity contribution in [2.75, 3.05) is 25.7 Å². The topological polar surface area (TPSA) is 88.9 Å². The number of benzene rings is 1. The summed E-state index contributed by atoms with van der Waals surface area (Å²) in [6.45, 7) is 4.66. The number of aliphatic imine (C=N–C) groups is 1. The van der Waals surface area contributed by atoms with Crippen LogP contribution >= 0.6 is 0 Å². The second-order valence-electron chi connectivity index (χ2n) is 8.24. The van der Waals surface area contributed by atoms with E-state index < -0.39 is 33.5 Å². The van der Waals surface area contributed by atoms with E-state index in [2.05, 4.69) is 24.0 Å². The van der Waals surface area contributed by atoms with E-state index in [-0.39, 0.29) is 14.0 Å². The van der Waals surface area contributed by atoms with E-state index in [1.807, 2.05) is 4.90 Å². The standard InChI is InChI=1S/C22H19F2N3O2.C2H6O2S.H2/c1-3-29-22(28)19-18-10-13(2)12-27(18)21(17-6-4-5-9-25-17)26-20(19)14-7-8-15(23)16(24)11-14;1-5(2,3)4;/h5,7-9,11,13,20H,3,10,12H2,1-2H3;1-2H3;1H/t13-,20-;;/m0../s1. The lowest BCUT2D eigenvalue weighted by Gasteiger charge is -2.31. The van der Waals surface area contributed by atoms with Crippen LogP contribution in [0.4, 0.5) is 8.78 Å². The van der Waals surface area contributed by atoms with Gasteiger partial charge in [0, 0.05) is 38.4 Å². The predicted octanol–water partition coefficient (Wildman–Crippen LogP) is 3.53. The van der Waals surface area contributed by atoms with Crippen LogP contribution in [-0.2, 0) is 19.4 Å². The number of sulfone groups is 1. The third-order valence-corrected chi connectivity index (χ3v) is 4.97. The molecule has 0 aliphatic carbocycles. The highest BCUT2D eigenvalue weighted by Gasteiger charge is 2.40. The molecule has 34 heavy (non-hydrogen) atoms. The first-order valence-corrected chi connectivity index (χ1v) is 12.9. The minimum absolute atomic E-state index is 0. The summed E-state index contributed by atoms with van der Waals surface area (Å²) in [5.41, 5.74) is 1.98. The van der Waals surface area contributed by atoms with Crippen LogP contribution in [0, 0.1) is 29.7 Å². The van der Waals surface area contributed by atoms with Gasteiger partial charge in [0.1, 0.15) is 15.9 Å². The molecule has 0 radical (unpaired) electrons. The number of rotatable bonds is 4. The second kappa shape index (κ2) is 10.3. The van der Waals surface area contributed by atoms with Crippen molar-refractivity contribution < 1.29 is 28.2 Å². The highest BCUT2D eigenvalue weighted by atomic mass is 32.2. The van der Waals surface area contributed by atoms with E-state index >= 15 is 0 Å². The maximum absolute atomic E-state index is 14.0. The molecule has 0 amide bonds. The number of halogens is 2. The molecule has 1 saturated heterocycles. The summed E-state index contributed by atoms with van der Waals surface area (Å²) in [7, 11) is -2.67. The smallest absolute Gasteiger partial charge is 0.338 e. The number of esters is 1. The van der Waals surface area contributed by atoms with Crippen molar-refractivity contribution in [1.82, 2.24) is 9.88 Å². The van der Waals surface area contributed by atoms with E-state index in [4.69, 9.17) is 9.73 Å². The SMILES string of the molecule is CCOC(=O)C1=C2C[C@H](C)CN2C(c2c#cccn2)=N[C@H]1c1ccc(F)c(F)c1.CS(C)(=O)=O.[HH]. The molecule has 7 nitrogen and oxygen atoms in total. The summed E-state index contributed by atoms with van der Waals surface area (Å²) < 4.78 is 52.0. The Morgan fingerprint density at radius 2 is 2.00 bits per heavy atom. The van der Waals surface area contributed by atoms with Gasteiger partial charge in [-0.3, -0.25) is 4.99 Å². The zero-order valence-electron chi connectivity index (χ0n) is 19.3. The number of hydrogen-bond donors (Lipinski definition) is 0. The third kappa shape index (κ3) is 5.97. The molecule has 0 saturated carbocycles. The third-order valence-electron chi connectivity index (χ3n) is 4.97. The Kier molecular flexibility index (Phi) is 7.67. The molecule has 1 aromatic heterocycles. The normalized spacial score (nSPS) is 19.5. The van der Waals surface area contributed by atoms with Crippen molar-refractivity contribution in [3.63, 3.8) is 0 Å². The lowest BCUT2D eigenvalue weighted by atomic mass is 9.93. The van der Waals surface area contributed by atoms with E-state index in [0.717, 1.165) is 30.3 Å². The number of carbonyl (C=O) groups is 1. The molecular weight excluding hydrogens is 464 g/mol. The van der Waals surface area contributed by atoms with Gasteiger partial charge < -0.3 is 9.64 Å². The van der Waals surface area contributed by atoms with Gasteiger partial charge in [-0.1, -0.05) is 19.1 Å². The molecule has 2 aliphatic rings. The fraction of sp³-hybridized carbons (Fsp3) is 0.375. The first kappa shape index (κ1) is 25.3. The molecule has 0 N–H and O–H groups in total. The number of nitrogens with zero attached hydrogens (tertiary/aromatic N) is 3. The molecule has 0 bridgehead atoms. The van der Waals surface area contributed by atoms with E-state index in [1.165, 1.54) is 6.07 Å². The molecule has 2 aliphatic heterocycles. The van der Waals surface area contributed by atoms with Crippen molar-refractivity contribution in [2.45, 2.75) is 26.3 Å². The molecule has 2 atom stereocenters. The Hall–Kier alpha value is -3.32. The molecule has 1 aromatic carbocycles. The van der Waals surface area contributed by atoms with E-state index in [1.54, 1.807) is 19.2 Å². The van der Waals surface area contributed by atoms with Crippen LogP contribution < -0.4 is 0 Å². The van der Waals surface area contributed by atoms with Gasteiger partial charge in [0.15, 0.2) is 23.2 Å². The van der Waals surface area contributed by atoms with Gasteiger partial charge in [-0.15, -0.1) is 0 Å². The first-order valence-electron chi connectivity index (χ1n) is 10.6. The molecule has 1 fully saturated rings. The number of hydrogen-bond acceptors (Lipinski definition) is 7. The van der Waals surface area contributed by atoms with Crippen molar-refractivity contribution in [3.05, 3.63) is 76.8 Å². The Bertz CT molecular complexity index is 1230. The van der Waals surface area contributed by atoms with Gasteiger partial charge in [0.2, 0.25) is 0 Å². The van der Waals surface area contributed by atoms with Gasteiger partial charge in [-0.05, 0) is 43.0 Å². The number of carbonyl (C=O) groups excluding carboxylic acids is 1. The highest BCUT2D eigenvalue weighted by molar-refractivity contribution is 7.89. The highest BCUT2D eigenvalue weighted by Crippen LogP contribution is 2.41. The summed E-state index contributed by atoms with van der Waals surface area (Å²) >= 11 is 0. The fourth-order valence-corrected chi connectivity index (χ4v) is 3.77. The van der Waals surface area contributed by atoms with E-state index in [9.17, 15) is 22.0 Å². The molecular formula is C24H27F2N3O4S. The second-order valence-corrected chi connectivity index (χ2v) is 10.5. The zero-order chi connectivity index (χ0) is 25.0. The van der Waals surface area contributed by atoms with Crippen molar-refractivity contribution in [1.29, 1.82) is 0 Å². The molecule has 4 rings (SSSR count).